The number of aryl methyl sites for hydroxylation is 1. The molecule has 1 atom stereocenters. The Morgan fingerprint density at radius 3 is 2.38 bits per heavy atom. The molecule has 1 aromatic rings. The van der Waals surface area contributed by atoms with Crippen molar-refractivity contribution in [2.24, 2.45) is 0 Å². The number of hydrogen-bond donors (Lipinski definition) is 0. The van der Waals surface area contributed by atoms with Gasteiger partial charge in [0.05, 0.1) is 16.4 Å². The molecule has 8 heteroatoms. The Balaban J connectivity index is 2.21. The van der Waals surface area contributed by atoms with Gasteiger partial charge in [0.25, 0.3) is 0 Å². The molecule has 1 saturated heterocycles. The molecule has 2 rings (SSSR count). The first-order chi connectivity index (χ1) is 9.76. The fourth-order valence-corrected chi connectivity index (χ4v) is 6.07. The summed E-state index contributed by atoms with van der Waals surface area (Å²) in [6.07, 6.45) is 1.19. The minimum atomic E-state index is -3.65. The number of alkyl halides is 1. The SMILES string of the molecule is CN(C1CCS(=O)(=O)C1)S(=O)(=O)c1ccc(CCBr)cc1. The van der Waals surface area contributed by atoms with Gasteiger partial charge in [-0.1, -0.05) is 28.1 Å². The smallest absolute Gasteiger partial charge is 0.229 e. The first-order valence-electron chi connectivity index (χ1n) is 6.59. The molecular formula is C13H18BrNO4S2. The molecule has 0 bridgehead atoms. The van der Waals surface area contributed by atoms with E-state index in [0.29, 0.717) is 6.42 Å². The van der Waals surface area contributed by atoms with Crippen LogP contribution in [-0.4, -0.2) is 51.1 Å². The van der Waals surface area contributed by atoms with E-state index in [4.69, 9.17) is 0 Å². The molecule has 1 aromatic carbocycles. The second-order valence-corrected chi connectivity index (χ2v) is 10.2. The molecule has 0 amide bonds. The number of hydrogen-bond acceptors (Lipinski definition) is 4. The topological polar surface area (TPSA) is 71.5 Å². The number of nitrogens with zero attached hydrogens (tertiary/aromatic N) is 1. The first kappa shape index (κ1) is 16.9. The molecule has 118 valence electrons. The molecule has 5 nitrogen and oxygen atoms in total. The number of benzene rings is 1. The van der Waals surface area contributed by atoms with E-state index in [2.05, 4.69) is 15.9 Å². The molecule has 0 aromatic heterocycles. The van der Waals surface area contributed by atoms with Crippen LogP contribution < -0.4 is 0 Å². The van der Waals surface area contributed by atoms with Crippen molar-refractivity contribution in [2.45, 2.75) is 23.8 Å². The highest BCUT2D eigenvalue weighted by Gasteiger charge is 2.36. The van der Waals surface area contributed by atoms with Gasteiger partial charge in [-0.05, 0) is 30.5 Å². The third-order valence-electron chi connectivity index (χ3n) is 3.71. The Morgan fingerprint density at radius 2 is 1.90 bits per heavy atom. The second kappa shape index (κ2) is 6.36. The fourth-order valence-electron chi connectivity index (χ4n) is 2.36. The van der Waals surface area contributed by atoms with Gasteiger partial charge in [0.15, 0.2) is 9.84 Å². The van der Waals surface area contributed by atoms with Crippen molar-refractivity contribution in [2.75, 3.05) is 23.9 Å². The van der Waals surface area contributed by atoms with E-state index in [1.807, 2.05) is 0 Å². The van der Waals surface area contributed by atoms with Crippen LogP contribution in [0.15, 0.2) is 29.2 Å². The van der Waals surface area contributed by atoms with Crippen molar-refractivity contribution in [3.05, 3.63) is 29.8 Å². The van der Waals surface area contributed by atoms with Gasteiger partial charge in [0, 0.05) is 18.4 Å². The summed E-state index contributed by atoms with van der Waals surface area (Å²) in [5.74, 6) is -0.0356. The third-order valence-corrected chi connectivity index (χ3v) is 7.78. The number of halogens is 1. The summed E-state index contributed by atoms with van der Waals surface area (Å²) in [6, 6.07) is 6.25. The van der Waals surface area contributed by atoms with Gasteiger partial charge < -0.3 is 0 Å². The zero-order chi connectivity index (χ0) is 15.7. The monoisotopic (exact) mass is 395 g/mol. The first-order valence-corrected chi connectivity index (χ1v) is 11.0. The van der Waals surface area contributed by atoms with E-state index in [0.717, 1.165) is 17.3 Å². The zero-order valence-corrected chi connectivity index (χ0v) is 14.9. The molecule has 1 unspecified atom stereocenters. The van der Waals surface area contributed by atoms with Crippen molar-refractivity contribution >= 4 is 35.8 Å². The lowest BCUT2D eigenvalue weighted by Crippen LogP contribution is -2.37. The van der Waals surface area contributed by atoms with Crippen LogP contribution in [0.4, 0.5) is 0 Å². The summed E-state index contributed by atoms with van der Waals surface area (Å²) >= 11 is 3.34. The highest BCUT2D eigenvalue weighted by Crippen LogP contribution is 2.23. The minimum absolute atomic E-state index is 0.0573. The van der Waals surface area contributed by atoms with Crippen molar-refractivity contribution in [1.82, 2.24) is 4.31 Å². The largest absolute Gasteiger partial charge is 0.243 e. The molecule has 0 radical (unpaired) electrons. The van der Waals surface area contributed by atoms with Crippen LogP contribution in [0, 0.1) is 0 Å². The molecule has 1 aliphatic heterocycles. The molecule has 0 aliphatic carbocycles. The van der Waals surface area contributed by atoms with E-state index < -0.39 is 25.9 Å². The van der Waals surface area contributed by atoms with Crippen LogP contribution >= 0.6 is 15.9 Å². The van der Waals surface area contributed by atoms with E-state index in [1.54, 1.807) is 24.3 Å². The van der Waals surface area contributed by atoms with E-state index in [9.17, 15) is 16.8 Å². The lowest BCUT2D eigenvalue weighted by atomic mass is 10.2. The summed E-state index contributed by atoms with van der Waals surface area (Å²) in [4.78, 5) is 0.202. The predicted molar refractivity (Wildman–Crippen MR) is 85.9 cm³/mol. The van der Waals surface area contributed by atoms with Gasteiger partial charge in [-0.2, -0.15) is 4.31 Å². The molecule has 21 heavy (non-hydrogen) atoms. The third kappa shape index (κ3) is 3.85. The van der Waals surface area contributed by atoms with Crippen LogP contribution in [-0.2, 0) is 26.3 Å². The average molecular weight is 396 g/mol. The second-order valence-electron chi connectivity index (χ2n) is 5.16. The van der Waals surface area contributed by atoms with Crippen LogP contribution in [0.5, 0.6) is 0 Å². The maximum absolute atomic E-state index is 12.5. The highest BCUT2D eigenvalue weighted by atomic mass is 79.9. The standard InChI is InChI=1S/C13H18BrNO4S2/c1-15(12-7-9-20(16,17)10-12)21(18,19)13-4-2-11(3-5-13)6-8-14/h2-5,12H,6-10H2,1H3. The van der Waals surface area contributed by atoms with E-state index in [1.165, 1.54) is 11.4 Å². The fraction of sp³-hybridized carbons (Fsp3) is 0.538. The van der Waals surface area contributed by atoms with Gasteiger partial charge in [-0.15, -0.1) is 0 Å². The lowest BCUT2D eigenvalue weighted by Gasteiger charge is -2.22. The van der Waals surface area contributed by atoms with Gasteiger partial charge in [-0.3, -0.25) is 0 Å². The predicted octanol–water partition coefficient (Wildman–Crippen LogP) is 1.43. The zero-order valence-electron chi connectivity index (χ0n) is 11.7. The Kier molecular flexibility index (Phi) is 5.12. The van der Waals surface area contributed by atoms with Crippen LogP contribution in [0.1, 0.15) is 12.0 Å². The normalized spacial score (nSPS) is 21.8. The van der Waals surface area contributed by atoms with Crippen molar-refractivity contribution in [3.8, 4) is 0 Å². The molecular weight excluding hydrogens is 378 g/mol. The quantitative estimate of drug-likeness (QED) is 0.706. The average Bonchev–Trinajstić information content (AvgIpc) is 2.79. The molecule has 0 saturated carbocycles. The van der Waals surface area contributed by atoms with Crippen molar-refractivity contribution < 1.29 is 16.8 Å². The molecule has 0 spiro atoms. The Morgan fingerprint density at radius 1 is 1.29 bits per heavy atom. The number of rotatable bonds is 5. The van der Waals surface area contributed by atoms with E-state index in [-0.39, 0.29) is 16.4 Å². The molecule has 1 aliphatic rings. The summed E-state index contributed by atoms with van der Waals surface area (Å²) < 4.78 is 49.2. The van der Waals surface area contributed by atoms with Crippen molar-refractivity contribution in [1.29, 1.82) is 0 Å². The lowest BCUT2D eigenvalue weighted by molar-refractivity contribution is 0.394. The molecule has 1 fully saturated rings. The highest BCUT2D eigenvalue weighted by molar-refractivity contribution is 9.09. The van der Waals surface area contributed by atoms with Gasteiger partial charge in [0.1, 0.15) is 0 Å². The maximum Gasteiger partial charge on any atom is 0.243 e. The molecule has 1 heterocycles. The van der Waals surface area contributed by atoms with Gasteiger partial charge >= 0.3 is 0 Å². The Bertz CT molecular complexity index is 698. The summed E-state index contributed by atoms with van der Waals surface area (Å²) in [7, 11) is -5.30. The van der Waals surface area contributed by atoms with Crippen LogP contribution in [0.25, 0.3) is 0 Å². The Labute approximate surface area is 134 Å². The molecule has 0 N–H and O–H groups in total. The van der Waals surface area contributed by atoms with Crippen LogP contribution in [0.2, 0.25) is 0 Å². The maximum atomic E-state index is 12.5. The van der Waals surface area contributed by atoms with Crippen LogP contribution in [0.3, 0.4) is 0 Å². The summed E-state index contributed by atoms with van der Waals surface area (Å²) in [5, 5.41) is 0.818. The minimum Gasteiger partial charge on any atom is -0.229 e. The summed E-state index contributed by atoms with van der Waals surface area (Å²) in [5.41, 5.74) is 1.05. The van der Waals surface area contributed by atoms with E-state index >= 15 is 0 Å². The van der Waals surface area contributed by atoms with Gasteiger partial charge in [-0.25, -0.2) is 16.8 Å². The number of sulfone groups is 1. The van der Waals surface area contributed by atoms with Gasteiger partial charge in [0.2, 0.25) is 10.0 Å². The summed E-state index contributed by atoms with van der Waals surface area (Å²) in [6.45, 7) is 0. The number of sulfonamides is 1. The van der Waals surface area contributed by atoms with Crippen molar-refractivity contribution in [3.63, 3.8) is 0 Å². The Hall–Kier alpha value is -0.440.